The van der Waals surface area contributed by atoms with Crippen molar-refractivity contribution in [1.82, 2.24) is 14.9 Å². The molecule has 0 unspecified atom stereocenters. The number of benzene rings is 2. The fraction of sp³-hybridized carbons (Fsp3) is 0.405. The first-order chi connectivity index (χ1) is 21.2. The molecule has 2 fully saturated rings. The third kappa shape index (κ3) is 3.79. The predicted molar refractivity (Wildman–Crippen MR) is 164 cm³/mol. The summed E-state index contributed by atoms with van der Waals surface area (Å²) in [4.78, 5) is 12.2. The number of fused-ring (bicyclic) bond motifs is 2. The number of ether oxygens (including phenoxy) is 2. The monoisotopic (exact) mass is 571 g/mol. The average molecular weight is 572 g/mol. The van der Waals surface area contributed by atoms with Crippen molar-refractivity contribution in [2.24, 2.45) is 5.92 Å². The third-order valence-electron chi connectivity index (χ3n) is 11.0. The lowest BCUT2D eigenvalue weighted by Gasteiger charge is -2.64. The predicted octanol–water partition coefficient (Wildman–Crippen LogP) is 6.21. The fourth-order valence-electron chi connectivity index (χ4n) is 8.95. The van der Waals surface area contributed by atoms with Crippen LogP contribution < -0.4 is 4.74 Å². The minimum Gasteiger partial charge on any atom is -0.504 e. The number of hydrogen-bond donors (Lipinski definition) is 1. The van der Waals surface area contributed by atoms with Crippen molar-refractivity contribution in [1.29, 1.82) is 0 Å². The maximum absolute atomic E-state index is 11.1. The second kappa shape index (κ2) is 9.63. The van der Waals surface area contributed by atoms with Gasteiger partial charge in [0, 0.05) is 60.9 Å². The number of nitrogens with zero attached hydrogens (tertiary/aromatic N) is 3. The Morgan fingerprint density at radius 1 is 1.00 bits per heavy atom. The summed E-state index contributed by atoms with van der Waals surface area (Å²) < 4.78 is 14.3. The lowest BCUT2D eigenvalue weighted by atomic mass is 9.48. The number of rotatable bonds is 8. The van der Waals surface area contributed by atoms with E-state index in [-0.39, 0.29) is 23.3 Å². The second-order valence-electron chi connectivity index (χ2n) is 13.3. The summed E-state index contributed by atoms with van der Waals surface area (Å²) in [7, 11) is 0. The van der Waals surface area contributed by atoms with Crippen molar-refractivity contribution < 1.29 is 14.6 Å². The number of phenols is 1. The molecule has 43 heavy (non-hydrogen) atoms. The summed E-state index contributed by atoms with van der Waals surface area (Å²) >= 11 is 0. The summed E-state index contributed by atoms with van der Waals surface area (Å²) in [5.74, 6) is 1.68. The molecular formula is C37H37N3O3. The molecule has 1 saturated heterocycles. The van der Waals surface area contributed by atoms with E-state index in [0.717, 1.165) is 67.9 Å². The van der Waals surface area contributed by atoms with Gasteiger partial charge in [0.05, 0.1) is 11.1 Å². The Morgan fingerprint density at radius 2 is 1.91 bits per heavy atom. The number of phenolic OH excluding ortho intramolecular Hbond substituents is 1. The average Bonchev–Trinajstić information content (AvgIpc) is 3.79. The number of aromatic nitrogens is 2. The Kier molecular flexibility index (Phi) is 5.76. The number of piperidine rings is 1. The Labute approximate surface area is 252 Å². The molecule has 0 radical (unpaired) electrons. The van der Waals surface area contributed by atoms with Crippen LogP contribution in [0, 0.1) is 5.92 Å². The highest BCUT2D eigenvalue weighted by atomic mass is 16.5. The van der Waals surface area contributed by atoms with Gasteiger partial charge < -0.3 is 14.6 Å². The quantitative estimate of drug-likeness (QED) is 0.254. The Bertz CT molecular complexity index is 1690. The molecule has 1 saturated carbocycles. The number of aromatic hydroxyl groups is 1. The standard InChI is InChI=1S/C37H37N3O3/c41-30-13-12-26-19-31-37(42-17-5-8-24-6-2-1-3-7-24)20-28-18-29(27-9-4-15-38-21-27)22-39-33(28)35-36(37,32(26)34(30)43-35)14-16-40(31)23-25-10-11-25/h1-4,6-7,9,12-13,15,18,21-22,25,31,35,41H,5,8,10-11,14,16-17,19-20,23H2/t31-,35+,36+,37-/m1/s1. The molecule has 3 aliphatic carbocycles. The molecule has 6 nitrogen and oxygen atoms in total. The van der Waals surface area contributed by atoms with Crippen LogP contribution in [0.2, 0.25) is 0 Å². The molecule has 6 heteroatoms. The molecule has 5 aliphatic rings. The highest BCUT2D eigenvalue weighted by Crippen LogP contribution is 2.69. The first-order valence-corrected chi connectivity index (χ1v) is 16.0. The topological polar surface area (TPSA) is 67.7 Å². The lowest BCUT2D eigenvalue weighted by molar-refractivity contribution is -0.205. The largest absolute Gasteiger partial charge is 0.504 e. The highest BCUT2D eigenvalue weighted by molar-refractivity contribution is 5.67. The van der Waals surface area contributed by atoms with Gasteiger partial charge in [-0.1, -0.05) is 42.5 Å². The van der Waals surface area contributed by atoms with Gasteiger partial charge in [0.15, 0.2) is 17.6 Å². The van der Waals surface area contributed by atoms with Gasteiger partial charge >= 0.3 is 0 Å². The van der Waals surface area contributed by atoms with Crippen LogP contribution in [0.3, 0.4) is 0 Å². The zero-order chi connectivity index (χ0) is 28.6. The van der Waals surface area contributed by atoms with Gasteiger partial charge in [0.2, 0.25) is 0 Å². The van der Waals surface area contributed by atoms with Gasteiger partial charge in [-0.2, -0.15) is 0 Å². The van der Waals surface area contributed by atoms with Crippen LogP contribution in [0.15, 0.2) is 79.3 Å². The zero-order valence-electron chi connectivity index (χ0n) is 24.4. The Balaban J connectivity index is 1.19. The van der Waals surface area contributed by atoms with Crippen molar-refractivity contribution in [2.45, 2.75) is 68.1 Å². The maximum Gasteiger partial charge on any atom is 0.166 e. The highest BCUT2D eigenvalue weighted by Gasteiger charge is 2.73. The molecule has 4 atom stereocenters. The number of pyridine rings is 2. The maximum atomic E-state index is 11.1. The molecule has 4 heterocycles. The number of likely N-dealkylation sites (tertiary alicyclic amines) is 1. The summed E-state index contributed by atoms with van der Waals surface area (Å²) in [6.07, 6.45) is 12.7. The van der Waals surface area contributed by atoms with Gasteiger partial charge in [-0.05, 0) is 85.9 Å². The first-order valence-electron chi connectivity index (χ1n) is 16.0. The molecule has 1 spiro atoms. The summed E-state index contributed by atoms with van der Waals surface area (Å²) in [6.45, 7) is 2.85. The van der Waals surface area contributed by atoms with Gasteiger partial charge in [0.25, 0.3) is 0 Å². The van der Waals surface area contributed by atoms with E-state index in [1.165, 1.54) is 35.1 Å². The molecule has 2 bridgehead atoms. The van der Waals surface area contributed by atoms with E-state index >= 15 is 0 Å². The van der Waals surface area contributed by atoms with Gasteiger partial charge in [-0.25, -0.2) is 0 Å². The van der Waals surface area contributed by atoms with E-state index in [9.17, 15) is 5.11 Å². The zero-order valence-corrected chi connectivity index (χ0v) is 24.4. The van der Waals surface area contributed by atoms with Crippen LogP contribution in [-0.2, 0) is 29.4 Å². The van der Waals surface area contributed by atoms with Gasteiger partial charge in [-0.3, -0.25) is 14.9 Å². The van der Waals surface area contributed by atoms with Crippen LogP contribution in [0.25, 0.3) is 11.1 Å². The van der Waals surface area contributed by atoms with Crippen LogP contribution >= 0.6 is 0 Å². The van der Waals surface area contributed by atoms with Crippen LogP contribution in [0.1, 0.15) is 59.7 Å². The normalized spacial score (nSPS) is 28.2. The Hall–Kier alpha value is -3.74. The molecule has 9 rings (SSSR count). The summed E-state index contributed by atoms with van der Waals surface area (Å²) in [5, 5.41) is 11.1. The first kappa shape index (κ1) is 25.7. The van der Waals surface area contributed by atoms with Crippen molar-refractivity contribution in [2.75, 3.05) is 19.7 Å². The number of aryl methyl sites for hydroxylation is 1. The van der Waals surface area contributed by atoms with E-state index in [1.807, 2.05) is 30.7 Å². The minimum atomic E-state index is -0.476. The molecule has 1 N–H and O–H groups in total. The van der Waals surface area contributed by atoms with Crippen molar-refractivity contribution >= 4 is 0 Å². The van der Waals surface area contributed by atoms with Crippen molar-refractivity contribution in [3.8, 4) is 22.6 Å². The van der Waals surface area contributed by atoms with Crippen molar-refractivity contribution in [3.05, 3.63) is 107 Å². The van der Waals surface area contributed by atoms with E-state index < -0.39 is 5.60 Å². The summed E-state index contributed by atoms with van der Waals surface area (Å²) in [5.41, 5.74) is 7.29. The lowest BCUT2D eigenvalue weighted by Crippen LogP contribution is -2.75. The van der Waals surface area contributed by atoms with Gasteiger partial charge in [-0.15, -0.1) is 0 Å². The number of hydrogen-bond acceptors (Lipinski definition) is 6. The fourth-order valence-corrected chi connectivity index (χ4v) is 8.95. The molecule has 218 valence electrons. The van der Waals surface area contributed by atoms with Gasteiger partial charge in [0.1, 0.15) is 5.60 Å². The van der Waals surface area contributed by atoms with Crippen LogP contribution in [0.4, 0.5) is 0 Å². The molecule has 0 amide bonds. The molecule has 2 aromatic carbocycles. The van der Waals surface area contributed by atoms with E-state index in [0.29, 0.717) is 12.4 Å². The minimum absolute atomic E-state index is 0.230. The molecule has 2 aromatic heterocycles. The SMILES string of the molecule is Oc1ccc2c3c1O[C@H]1c4ncc(-c5cccnc5)cc4C[C@@]4(OCCCc5ccccc5)[C@@H](C2)N(CC2CC2)CC[C@]314. The third-order valence-corrected chi connectivity index (χ3v) is 11.0. The summed E-state index contributed by atoms with van der Waals surface area (Å²) in [6, 6.07) is 21.3. The van der Waals surface area contributed by atoms with Crippen molar-refractivity contribution in [3.63, 3.8) is 0 Å². The Morgan fingerprint density at radius 3 is 2.74 bits per heavy atom. The molecule has 2 aliphatic heterocycles. The van der Waals surface area contributed by atoms with E-state index in [1.54, 1.807) is 0 Å². The second-order valence-corrected chi connectivity index (χ2v) is 13.3. The smallest absolute Gasteiger partial charge is 0.166 e. The molecule has 4 aromatic rings. The molecular weight excluding hydrogens is 534 g/mol. The van der Waals surface area contributed by atoms with E-state index in [2.05, 4.69) is 58.4 Å². The van der Waals surface area contributed by atoms with E-state index in [4.69, 9.17) is 14.5 Å². The van der Waals surface area contributed by atoms with Crippen LogP contribution in [0.5, 0.6) is 11.5 Å². The van der Waals surface area contributed by atoms with Crippen LogP contribution in [-0.4, -0.2) is 51.3 Å².